The van der Waals surface area contributed by atoms with Crippen LogP contribution in [0.4, 0.5) is 0 Å². The number of aryl methyl sites for hydroxylation is 1. The SMILES string of the molecule is Cc1cc([C@@H]2CCCN2C(=O)COc2cccc(C#N)c2)on1. The minimum absolute atomic E-state index is 0.0570. The quantitative estimate of drug-likeness (QED) is 0.867. The largest absolute Gasteiger partial charge is 0.484 e. The fourth-order valence-electron chi connectivity index (χ4n) is 2.78. The monoisotopic (exact) mass is 311 g/mol. The van der Waals surface area contributed by atoms with Crippen molar-refractivity contribution in [2.75, 3.05) is 13.2 Å². The molecule has 2 aromatic rings. The summed E-state index contributed by atoms with van der Waals surface area (Å²) in [6.45, 7) is 2.49. The number of amides is 1. The lowest BCUT2D eigenvalue weighted by molar-refractivity contribution is -0.134. The van der Waals surface area contributed by atoms with Crippen LogP contribution >= 0.6 is 0 Å². The van der Waals surface area contributed by atoms with Gasteiger partial charge in [0.15, 0.2) is 12.4 Å². The van der Waals surface area contributed by atoms with Crippen LogP contribution in [0, 0.1) is 18.3 Å². The van der Waals surface area contributed by atoms with Gasteiger partial charge >= 0.3 is 0 Å². The van der Waals surface area contributed by atoms with Crippen molar-refractivity contribution in [3.8, 4) is 11.8 Å². The third-order valence-electron chi connectivity index (χ3n) is 3.87. The molecule has 1 amide bonds. The molecule has 0 aliphatic carbocycles. The minimum Gasteiger partial charge on any atom is -0.484 e. The van der Waals surface area contributed by atoms with E-state index in [1.165, 1.54) is 0 Å². The molecule has 0 radical (unpaired) electrons. The third-order valence-corrected chi connectivity index (χ3v) is 3.87. The maximum Gasteiger partial charge on any atom is 0.261 e. The van der Waals surface area contributed by atoms with Gasteiger partial charge in [-0.25, -0.2) is 0 Å². The van der Waals surface area contributed by atoms with Crippen molar-refractivity contribution in [2.24, 2.45) is 0 Å². The second kappa shape index (κ2) is 6.53. The van der Waals surface area contributed by atoms with Gasteiger partial charge in [-0.2, -0.15) is 5.26 Å². The molecule has 0 N–H and O–H groups in total. The van der Waals surface area contributed by atoms with E-state index in [0.717, 1.165) is 24.3 Å². The highest BCUT2D eigenvalue weighted by Gasteiger charge is 2.32. The first-order valence-electron chi connectivity index (χ1n) is 7.53. The Balaban J connectivity index is 1.64. The molecule has 0 spiro atoms. The van der Waals surface area contributed by atoms with Crippen molar-refractivity contribution in [3.05, 3.63) is 47.3 Å². The lowest BCUT2D eigenvalue weighted by Gasteiger charge is -2.22. The Bertz CT molecular complexity index is 748. The number of nitriles is 1. The first-order valence-corrected chi connectivity index (χ1v) is 7.53. The molecule has 23 heavy (non-hydrogen) atoms. The average Bonchev–Trinajstić information content (AvgIpc) is 3.21. The van der Waals surface area contributed by atoms with E-state index in [4.69, 9.17) is 14.5 Å². The van der Waals surface area contributed by atoms with Gasteiger partial charge in [0, 0.05) is 12.6 Å². The Hall–Kier alpha value is -2.81. The summed E-state index contributed by atoms with van der Waals surface area (Å²) < 4.78 is 10.8. The number of nitrogens with zero attached hydrogens (tertiary/aromatic N) is 3. The molecule has 3 rings (SSSR count). The number of carbonyl (C=O) groups is 1. The van der Waals surface area contributed by atoms with Crippen LogP contribution in [0.2, 0.25) is 0 Å². The summed E-state index contributed by atoms with van der Waals surface area (Å²) in [6, 6.07) is 10.6. The molecule has 1 aromatic heterocycles. The topological polar surface area (TPSA) is 79.4 Å². The molecule has 1 saturated heterocycles. The maximum absolute atomic E-state index is 12.4. The number of benzene rings is 1. The van der Waals surface area contributed by atoms with Crippen LogP contribution in [-0.2, 0) is 4.79 Å². The van der Waals surface area contributed by atoms with Crippen molar-refractivity contribution in [2.45, 2.75) is 25.8 Å². The second-order valence-corrected chi connectivity index (χ2v) is 5.54. The van der Waals surface area contributed by atoms with Crippen LogP contribution in [0.25, 0.3) is 0 Å². The fraction of sp³-hybridized carbons (Fsp3) is 0.353. The van der Waals surface area contributed by atoms with Crippen molar-refractivity contribution < 1.29 is 14.1 Å². The van der Waals surface area contributed by atoms with Gasteiger partial charge in [-0.3, -0.25) is 4.79 Å². The standard InChI is InChI=1S/C17H17N3O3/c1-12-8-16(23-19-12)15-6-3-7-20(15)17(21)11-22-14-5-2-4-13(9-14)10-18/h2,4-5,8-9,15H,3,6-7,11H2,1H3/t15-/m0/s1. The molecule has 1 aliphatic heterocycles. The Kier molecular flexibility index (Phi) is 4.29. The number of likely N-dealkylation sites (tertiary alicyclic amines) is 1. The lowest BCUT2D eigenvalue weighted by Crippen LogP contribution is -2.34. The minimum atomic E-state index is -0.0936. The summed E-state index contributed by atoms with van der Waals surface area (Å²) in [7, 11) is 0. The fourth-order valence-corrected chi connectivity index (χ4v) is 2.78. The van der Waals surface area contributed by atoms with Crippen LogP contribution in [0.15, 0.2) is 34.9 Å². The van der Waals surface area contributed by atoms with Gasteiger partial charge in [-0.05, 0) is 38.0 Å². The first-order chi connectivity index (χ1) is 11.2. The van der Waals surface area contributed by atoms with Crippen molar-refractivity contribution >= 4 is 5.91 Å². The van der Waals surface area contributed by atoms with Crippen LogP contribution in [0.1, 0.15) is 35.9 Å². The van der Waals surface area contributed by atoms with E-state index in [0.29, 0.717) is 17.9 Å². The molecule has 1 aromatic carbocycles. The molecule has 1 atom stereocenters. The van der Waals surface area contributed by atoms with Gasteiger partial charge < -0.3 is 14.2 Å². The molecule has 2 heterocycles. The third kappa shape index (κ3) is 3.34. The van der Waals surface area contributed by atoms with Crippen LogP contribution in [0.3, 0.4) is 0 Å². The van der Waals surface area contributed by atoms with E-state index >= 15 is 0 Å². The normalized spacial score (nSPS) is 17.0. The Morgan fingerprint density at radius 3 is 3.13 bits per heavy atom. The van der Waals surface area contributed by atoms with Crippen molar-refractivity contribution in [3.63, 3.8) is 0 Å². The van der Waals surface area contributed by atoms with E-state index in [9.17, 15) is 4.79 Å². The molecule has 6 heteroatoms. The molecule has 1 aliphatic rings. The Labute approximate surface area is 134 Å². The average molecular weight is 311 g/mol. The van der Waals surface area contributed by atoms with Crippen molar-refractivity contribution in [1.82, 2.24) is 10.1 Å². The number of ether oxygens (including phenoxy) is 1. The van der Waals surface area contributed by atoms with Gasteiger partial charge in [0.1, 0.15) is 5.75 Å². The predicted molar refractivity (Wildman–Crippen MR) is 81.6 cm³/mol. The summed E-state index contributed by atoms with van der Waals surface area (Å²) in [6.07, 6.45) is 1.80. The summed E-state index contributed by atoms with van der Waals surface area (Å²) in [5, 5.41) is 12.8. The number of hydrogen-bond donors (Lipinski definition) is 0. The summed E-state index contributed by atoms with van der Waals surface area (Å²) >= 11 is 0. The smallest absolute Gasteiger partial charge is 0.261 e. The lowest BCUT2D eigenvalue weighted by atomic mass is 10.1. The van der Waals surface area contributed by atoms with E-state index in [2.05, 4.69) is 5.16 Å². The zero-order chi connectivity index (χ0) is 16.2. The first kappa shape index (κ1) is 15.1. The maximum atomic E-state index is 12.4. The number of rotatable bonds is 4. The van der Waals surface area contributed by atoms with E-state index in [1.54, 1.807) is 29.2 Å². The summed E-state index contributed by atoms with van der Waals surface area (Å²) in [4.78, 5) is 14.2. The highest BCUT2D eigenvalue weighted by Crippen LogP contribution is 2.32. The van der Waals surface area contributed by atoms with Gasteiger partial charge in [0.2, 0.25) is 0 Å². The van der Waals surface area contributed by atoms with Gasteiger partial charge in [-0.1, -0.05) is 11.2 Å². The number of hydrogen-bond acceptors (Lipinski definition) is 5. The zero-order valence-electron chi connectivity index (χ0n) is 12.9. The second-order valence-electron chi connectivity index (χ2n) is 5.54. The van der Waals surface area contributed by atoms with Gasteiger partial charge in [-0.15, -0.1) is 0 Å². The van der Waals surface area contributed by atoms with Crippen molar-refractivity contribution in [1.29, 1.82) is 5.26 Å². The van der Waals surface area contributed by atoms with E-state index < -0.39 is 0 Å². The highest BCUT2D eigenvalue weighted by atomic mass is 16.5. The molecule has 6 nitrogen and oxygen atoms in total. The summed E-state index contributed by atoms with van der Waals surface area (Å²) in [5.41, 5.74) is 1.31. The van der Waals surface area contributed by atoms with E-state index in [-0.39, 0.29) is 18.6 Å². The molecule has 0 bridgehead atoms. The predicted octanol–water partition coefficient (Wildman–Crippen LogP) is 2.60. The molecular weight excluding hydrogens is 294 g/mol. The van der Waals surface area contributed by atoms with Gasteiger partial charge in [0.25, 0.3) is 5.91 Å². The Morgan fingerprint density at radius 2 is 2.39 bits per heavy atom. The molecule has 1 fully saturated rings. The number of carbonyl (C=O) groups excluding carboxylic acids is 1. The molecule has 0 saturated carbocycles. The van der Waals surface area contributed by atoms with Crippen LogP contribution in [0.5, 0.6) is 5.75 Å². The molecule has 0 unspecified atom stereocenters. The van der Waals surface area contributed by atoms with Crippen LogP contribution < -0.4 is 4.74 Å². The van der Waals surface area contributed by atoms with Crippen LogP contribution in [-0.4, -0.2) is 29.1 Å². The summed E-state index contributed by atoms with van der Waals surface area (Å²) in [5.74, 6) is 1.15. The van der Waals surface area contributed by atoms with E-state index in [1.807, 2.05) is 19.1 Å². The zero-order valence-corrected chi connectivity index (χ0v) is 12.9. The molecular formula is C17H17N3O3. The Morgan fingerprint density at radius 1 is 1.52 bits per heavy atom. The number of aromatic nitrogens is 1. The molecule has 118 valence electrons. The highest BCUT2D eigenvalue weighted by molar-refractivity contribution is 5.78. The van der Waals surface area contributed by atoms with Gasteiger partial charge in [0.05, 0.1) is 23.4 Å².